The molecule has 1 aliphatic carbocycles. The van der Waals surface area contributed by atoms with E-state index in [-0.39, 0.29) is 0 Å². The third-order valence-corrected chi connectivity index (χ3v) is 6.21. The number of nitrogens with zero attached hydrogens (tertiary/aromatic N) is 5. The zero-order chi connectivity index (χ0) is 22.5. The molecular weight excluding hydrogens is 420 g/mol. The van der Waals surface area contributed by atoms with Crippen LogP contribution >= 0.6 is 11.8 Å². The maximum Gasteiger partial charge on any atom is 0.232 e. The van der Waals surface area contributed by atoms with E-state index in [1.165, 1.54) is 17.3 Å². The van der Waals surface area contributed by atoms with E-state index < -0.39 is 0 Å². The summed E-state index contributed by atoms with van der Waals surface area (Å²) in [5.74, 6) is 2.75. The van der Waals surface area contributed by atoms with Crippen LogP contribution in [-0.2, 0) is 17.6 Å². The lowest BCUT2D eigenvalue weighted by Crippen LogP contribution is -2.16. The third-order valence-electron chi connectivity index (χ3n) is 5.33. The molecule has 1 aliphatic heterocycles. The van der Waals surface area contributed by atoms with Crippen molar-refractivity contribution in [1.82, 2.24) is 19.9 Å². The minimum atomic E-state index is 0.300. The van der Waals surface area contributed by atoms with Gasteiger partial charge in [-0.25, -0.2) is 4.98 Å². The van der Waals surface area contributed by atoms with Crippen LogP contribution in [0.4, 0.5) is 5.95 Å². The average Bonchev–Trinajstić information content (AvgIpc) is 3.52. The molecule has 4 rings (SSSR count). The Morgan fingerprint density at radius 3 is 2.59 bits per heavy atom. The number of Topliss-reactive ketones (excluding diaryl/α,β-unsaturated/α-hetero) is 1. The van der Waals surface area contributed by atoms with E-state index in [2.05, 4.69) is 46.2 Å². The molecule has 32 heavy (non-hydrogen) atoms. The van der Waals surface area contributed by atoms with Crippen molar-refractivity contribution in [3.05, 3.63) is 47.3 Å². The highest BCUT2D eigenvalue weighted by atomic mass is 32.2. The van der Waals surface area contributed by atoms with Crippen molar-refractivity contribution in [2.75, 3.05) is 32.5 Å². The van der Waals surface area contributed by atoms with E-state index in [4.69, 9.17) is 4.98 Å². The highest BCUT2D eigenvalue weighted by Crippen LogP contribution is 2.31. The molecule has 0 atom stereocenters. The van der Waals surface area contributed by atoms with E-state index in [1.54, 1.807) is 0 Å². The minimum absolute atomic E-state index is 0.300. The Hall–Kier alpha value is -2.58. The van der Waals surface area contributed by atoms with Crippen LogP contribution in [0.25, 0.3) is 0 Å². The molecule has 7 nitrogen and oxygen atoms in total. The highest BCUT2D eigenvalue weighted by Gasteiger charge is 2.29. The van der Waals surface area contributed by atoms with Gasteiger partial charge < -0.3 is 10.2 Å². The molecule has 168 valence electrons. The first-order chi connectivity index (χ1) is 15.4. The number of benzene rings is 1. The molecule has 1 fully saturated rings. The lowest BCUT2D eigenvalue weighted by molar-refractivity contribution is -0.119. The molecule has 2 heterocycles. The predicted molar refractivity (Wildman–Crippen MR) is 128 cm³/mol. The molecule has 1 aromatic carbocycles. The number of carbonyl (C=O) groups is 1. The Kier molecular flexibility index (Phi) is 7.32. The summed E-state index contributed by atoms with van der Waals surface area (Å²) in [6.07, 6.45) is 6.42. The summed E-state index contributed by atoms with van der Waals surface area (Å²) in [4.78, 5) is 33.6. The van der Waals surface area contributed by atoms with Crippen LogP contribution in [0.15, 0.2) is 51.0 Å². The molecule has 2 aromatic rings. The number of rotatable bonds is 10. The Labute approximate surface area is 193 Å². The Morgan fingerprint density at radius 1 is 1.16 bits per heavy atom. The van der Waals surface area contributed by atoms with Gasteiger partial charge in [-0.3, -0.25) is 9.79 Å². The van der Waals surface area contributed by atoms with Crippen molar-refractivity contribution in [1.29, 1.82) is 0 Å². The van der Waals surface area contributed by atoms with Gasteiger partial charge in [0.1, 0.15) is 17.4 Å². The van der Waals surface area contributed by atoms with E-state index in [9.17, 15) is 4.79 Å². The lowest BCUT2D eigenvalue weighted by atomic mass is 10.1. The minimum Gasteiger partial charge on any atom is -0.309 e. The number of carbonyl (C=O) groups excluding carboxylic acids is 1. The second kappa shape index (κ2) is 10.4. The molecule has 0 saturated heterocycles. The molecule has 0 bridgehead atoms. The van der Waals surface area contributed by atoms with Crippen LogP contribution in [0.2, 0.25) is 0 Å². The number of hydrogen-bond donors (Lipinski definition) is 1. The van der Waals surface area contributed by atoms with Crippen molar-refractivity contribution >= 4 is 29.3 Å². The standard InChI is InChI=1S/C24H30N6OS/c1-16-13-22(25-15-16)27-23-26-21(5-4-12-30(2)3)28-24(29-23)32-19-10-6-17(7-11-19)14-20(31)18-8-9-18/h6-7,10-11,13,18H,4-5,8-9,12,14-15H2,1-3H3,(H,25,26,27,28,29). The van der Waals surface area contributed by atoms with Crippen molar-refractivity contribution in [3.63, 3.8) is 0 Å². The van der Waals surface area contributed by atoms with Crippen molar-refractivity contribution in [3.8, 4) is 0 Å². The first-order valence-corrected chi connectivity index (χ1v) is 11.9. The van der Waals surface area contributed by atoms with Crippen LogP contribution < -0.4 is 5.32 Å². The zero-order valence-electron chi connectivity index (χ0n) is 19.0. The normalized spacial score (nSPS) is 15.6. The van der Waals surface area contributed by atoms with Crippen LogP contribution in [-0.4, -0.2) is 58.7 Å². The third kappa shape index (κ3) is 6.71. The summed E-state index contributed by atoms with van der Waals surface area (Å²) in [6.45, 7) is 3.74. The van der Waals surface area contributed by atoms with Crippen molar-refractivity contribution in [2.24, 2.45) is 10.9 Å². The summed E-state index contributed by atoms with van der Waals surface area (Å²) in [5, 5.41) is 3.89. The second-order valence-electron chi connectivity index (χ2n) is 8.75. The monoisotopic (exact) mass is 450 g/mol. The first kappa shape index (κ1) is 22.6. The summed E-state index contributed by atoms with van der Waals surface area (Å²) in [5.41, 5.74) is 2.28. The molecule has 1 saturated carbocycles. The molecule has 0 amide bonds. The predicted octanol–water partition coefficient (Wildman–Crippen LogP) is 3.81. The van der Waals surface area contributed by atoms with Gasteiger partial charge in [0.05, 0.1) is 6.54 Å². The van der Waals surface area contributed by atoms with Gasteiger partial charge in [0.2, 0.25) is 5.95 Å². The van der Waals surface area contributed by atoms with Crippen LogP contribution in [0, 0.1) is 5.92 Å². The first-order valence-electron chi connectivity index (χ1n) is 11.1. The fraction of sp³-hybridized carbons (Fsp3) is 0.458. The van der Waals surface area contributed by atoms with Gasteiger partial charge in [0.25, 0.3) is 0 Å². The fourth-order valence-electron chi connectivity index (χ4n) is 3.42. The van der Waals surface area contributed by atoms with Crippen LogP contribution in [0.5, 0.6) is 0 Å². The van der Waals surface area contributed by atoms with Gasteiger partial charge in [-0.1, -0.05) is 12.1 Å². The Morgan fingerprint density at radius 2 is 1.94 bits per heavy atom. The lowest BCUT2D eigenvalue weighted by Gasteiger charge is -2.10. The number of hydrogen-bond acceptors (Lipinski definition) is 8. The van der Waals surface area contributed by atoms with Crippen LogP contribution in [0.3, 0.4) is 0 Å². The van der Waals surface area contributed by atoms with Gasteiger partial charge in [-0.15, -0.1) is 0 Å². The average molecular weight is 451 g/mol. The van der Waals surface area contributed by atoms with Gasteiger partial charge in [-0.2, -0.15) is 9.97 Å². The molecule has 0 radical (unpaired) electrons. The summed E-state index contributed by atoms with van der Waals surface area (Å²) < 4.78 is 0. The number of aliphatic imine (C=N–C) groups is 1. The quantitative estimate of drug-likeness (QED) is 0.589. The topological polar surface area (TPSA) is 83.4 Å². The molecular formula is C24H30N6OS. The summed E-state index contributed by atoms with van der Waals surface area (Å²) in [6, 6.07) is 8.13. The van der Waals surface area contributed by atoms with Gasteiger partial charge >= 0.3 is 0 Å². The molecule has 8 heteroatoms. The molecule has 1 aromatic heterocycles. The Balaban J connectivity index is 1.46. The number of amidine groups is 1. The molecule has 0 unspecified atom stereocenters. The summed E-state index contributed by atoms with van der Waals surface area (Å²) in [7, 11) is 4.13. The van der Waals surface area contributed by atoms with E-state index in [0.29, 0.717) is 35.8 Å². The summed E-state index contributed by atoms with van der Waals surface area (Å²) >= 11 is 1.51. The largest absolute Gasteiger partial charge is 0.309 e. The number of aryl methyl sites for hydroxylation is 1. The van der Waals surface area contributed by atoms with E-state index in [1.807, 2.05) is 30.3 Å². The Bertz CT molecular complexity index is 1030. The number of nitrogens with one attached hydrogen (secondary N) is 1. The van der Waals surface area contributed by atoms with E-state index >= 15 is 0 Å². The molecule has 0 spiro atoms. The van der Waals surface area contributed by atoms with E-state index in [0.717, 1.165) is 54.3 Å². The zero-order valence-corrected chi connectivity index (χ0v) is 19.8. The molecule has 2 aliphatic rings. The van der Waals surface area contributed by atoms with Crippen LogP contribution in [0.1, 0.15) is 37.6 Å². The molecule has 1 N–H and O–H groups in total. The second-order valence-corrected chi connectivity index (χ2v) is 9.79. The number of anilines is 1. The highest BCUT2D eigenvalue weighted by molar-refractivity contribution is 7.99. The fourth-order valence-corrected chi connectivity index (χ4v) is 4.19. The van der Waals surface area contributed by atoms with Crippen molar-refractivity contribution < 1.29 is 4.79 Å². The SMILES string of the molecule is CC1=CC(Nc2nc(CCCN(C)C)nc(Sc3ccc(CC(=O)C4CC4)cc3)n2)=NC1. The van der Waals surface area contributed by atoms with Gasteiger partial charge in [-0.05, 0) is 87.9 Å². The van der Waals surface area contributed by atoms with Crippen molar-refractivity contribution in [2.45, 2.75) is 49.1 Å². The maximum atomic E-state index is 12.1. The van der Waals surface area contributed by atoms with Gasteiger partial charge in [0, 0.05) is 23.7 Å². The smallest absolute Gasteiger partial charge is 0.232 e. The number of ketones is 1. The number of aromatic nitrogens is 3. The van der Waals surface area contributed by atoms with Gasteiger partial charge in [0.15, 0.2) is 5.16 Å². The maximum absolute atomic E-state index is 12.1.